The molecule has 184 valence electrons. The van der Waals surface area contributed by atoms with Gasteiger partial charge in [0.25, 0.3) is 5.56 Å². The minimum absolute atomic E-state index is 0.0654. The van der Waals surface area contributed by atoms with Gasteiger partial charge in [0.1, 0.15) is 11.3 Å². The number of aromatic amines is 1. The van der Waals surface area contributed by atoms with Gasteiger partial charge in [-0.2, -0.15) is 0 Å². The van der Waals surface area contributed by atoms with Crippen LogP contribution in [0.15, 0.2) is 58.7 Å². The number of carbonyl (C=O) groups excluding carboxylic acids is 1. The summed E-state index contributed by atoms with van der Waals surface area (Å²) in [7, 11) is 1.54. The molecule has 2 heterocycles. The van der Waals surface area contributed by atoms with Crippen LogP contribution < -0.4 is 25.5 Å². The van der Waals surface area contributed by atoms with Crippen molar-refractivity contribution in [3.63, 3.8) is 0 Å². The standard InChI is InChI=1S/C27H30N2O6/c1-5-33-27(31)23-21(16-10-11-19(20(14-16)32-4)34-13-12-15(2)3)22-24(35-25(23)28)17-8-6-7-9-18(17)29-26(22)30/h6-11,14-15,21H,5,12-13,28H2,1-4H3,(H,29,30)/t21-/m1/s1. The number of fused-ring (bicyclic) bond motifs is 3. The number of hydrogen-bond acceptors (Lipinski definition) is 7. The number of benzene rings is 2. The van der Waals surface area contributed by atoms with Crippen LogP contribution in [0.3, 0.4) is 0 Å². The summed E-state index contributed by atoms with van der Waals surface area (Å²) in [5.74, 6) is 0.295. The van der Waals surface area contributed by atoms with E-state index >= 15 is 0 Å². The van der Waals surface area contributed by atoms with Crippen LogP contribution in [0.2, 0.25) is 0 Å². The average molecular weight is 479 g/mol. The predicted octanol–water partition coefficient (Wildman–Crippen LogP) is 4.22. The number of rotatable bonds is 8. The van der Waals surface area contributed by atoms with E-state index in [0.29, 0.717) is 46.2 Å². The quantitative estimate of drug-likeness (QED) is 0.466. The molecule has 1 aromatic heterocycles. The molecule has 1 atom stereocenters. The number of methoxy groups -OCH3 is 1. The Balaban J connectivity index is 1.89. The fourth-order valence-corrected chi connectivity index (χ4v) is 4.20. The first-order valence-corrected chi connectivity index (χ1v) is 11.7. The van der Waals surface area contributed by atoms with E-state index in [4.69, 9.17) is 24.7 Å². The zero-order chi connectivity index (χ0) is 25.1. The first-order chi connectivity index (χ1) is 16.8. The number of H-pyrrole nitrogens is 1. The molecular weight excluding hydrogens is 448 g/mol. The number of hydrogen-bond donors (Lipinski definition) is 2. The van der Waals surface area contributed by atoms with Crippen LogP contribution >= 0.6 is 0 Å². The minimum Gasteiger partial charge on any atom is -0.493 e. The second kappa shape index (κ2) is 10.1. The van der Waals surface area contributed by atoms with Crippen molar-refractivity contribution in [3.8, 4) is 17.2 Å². The number of carbonyl (C=O) groups is 1. The Morgan fingerprint density at radius 3 is 2.66 bits per heavy atom. The van der Waals surface area contributed by atoms with Crippen LogP contribution in [0, 0.1) is 5.92 Å². The molecule has 0 saturated heterocycles. The molecule has 0 bridgehead atoms. The molecule has 4 rings (SSSR count). The summed E-state index contributed by atoms with van der Waals surface area (Å²) in [6, 6.07) is 12.6. The van der Waals surface area contributed by atoms with Crippen molar-refractivity contribution in [2.75, 3.05) is 20.3 Å². The van der Waals surface area contributed by atoms with Crippen LogP contribution in [0.25, 0.3) is 10.9 Å². The Bertz CT molecular complexity index is 1340. The smallest absolute Gasteiger partial charge is 0.340 e. The van der Waals surface area contributed by atoms with Gasteiger partial charge in [-0.1, -0.05) is 32.0 Å². The molecule has 35 heavy (non-hydrogen) atoms. The summed E-state index contributed by atoms with van der Waals surface area (Å²) in [6.45, 7) is 6.64. The van der Waals surface area contributed by atoms with Crippen LogP contribution in [-0.2, 0) is 9.53 Å². The van der Waals surface area contributed by atoms with Crippen LogP contribution in [-0.4, -0.2) is 31.3 Å². The van der Waals surface area contributed by atoms with E-state index in [-0.39, 0.29) is 29.2 Å². The monoisotopic (exact) mass is 478 g/mol. The van der Waals surface area contributed by atoms with Crippen molar-refractivity contribution >= 4 is 16.9 Å². The third kappa shape index (κ3) is 4.69. The van der Waals surface area contributed by atoms with E-state index in [1.165, 1.54) is 0 Å². The summed E-state index contributed by atoms with van der Waals surface area (Å²) < 4.78 is 22.7. The molecule has 1 aliphatic heterocycles. The third-order valence-electron chi connectivity index (χ3n) is 5.93. The number of esters is 1. The Labute approximate surface area is 203 Å². The highest BCUT2D eigenvalue weighted by atomic mass is 16.5. The highest BCUT2D eigenvalue weighted by Crippen LogP contribution is 2.45. The zero-order valence-corrected chi connectivity index (χ0v) is 20.3. The van der Waals surface area contributed by atoms with Gasteiger partial charge >= 0.3 is 5.97 Å². The Morgan fingerprint density at radius 2 is 1.94 bits per heavy atom. The Morgan fingerprint density at radius 1 is 1.17 bits per heavy atom. The highest BCUT2D eigenvalue weighted by molar-refractivity contribution is 5.95. The van der Waals surface area contributed by atoms with Gasteiger partial charge in [0, 0.05) is 5.39 Å². The van der Waals surface area contributed by atoms with Gasteiger partial charge in [0.15, 0.2) is 11.5 Å². The maximum Gasteiger partial charge on any atom is 0.340 e. The summed E-state index contributed by atoms with van der Waals surface area (Å²) in [5.41, 5.74) is 7.46. The van der Waals surface area contributed by atoms with Gasteiger partial charge in [-0.3, -0.25) is 4.79 Å². The number of nitrogens with one attached hydrogen (secondary N) is 1. The van der Waals surface area contributed by atoms with Crippen molar-refractivity contribution in [1.29, 1.82) is 0 Å². The molecule has 2 aromatic carbocycles. The van der Waals surface area contributed by atoms with Gasteiger partial charge in [-0.15, -0.1) is 0 Å². The molecule has 3 aromatic rings. The van der Waals surface area contributed by atoms with Gasteiger partial charge < -0.3 is 29.7 Å². The molecular formula is C27H30N2O6. The van der Waals surface area contributed by atoms with Crippen LogP contribution in [0.1, 0.15) is 44.2 Å². The van der Waals surface area contributed by atoms with Gasteiger partial charge in [0.2, 0.25) is 5.88 Å². The number of pyridine rings is 1. The summed E-state index contributed by atoms with van der Waals surface area (Å²) in [5, 5.41) is 0.679. The van der Waals surface area contributed by atoms with E-state index in [9.17, 15) is 9.59 Å². The number of para-hydroxylation sites is 1. The molecule has 0 radical (unpaired) electrons. The first kappa shape index (κ1) is 24.2. The van der Waals surface area contributed by atoms with E-state index in [1.54, 1.807) is 38.3 Å². The Kier molecular flexibility index (Phi) is 7.00. The molecule has 0 fully saturated rings. The summed E-state index contributed by atoms with van der Waals surface area (Å²) >= 11 is 0. The molecule has 8 nitrogen and oxygen atoms in total. The Hall–Kier alpha value is -3.94. The molecule has 3 N–H and O–H groups in total. The fourth-order valence-electron chi connectivity index (χ4n) is 4.20. The number of aromatic nitrogens is 1. The highest BCUT2D eigenvalue weighted by Gasteiger charge is 2.39. The van der Waals surface area contributed by atoms with Crippen LogP contribution in [0.5, 0.6) is 17.2 Å². The molecule has 0 unspecified atom stereocenters. The molecule has 0 spiro atoms. The fraction of sp³-hybridized carbons (Fsp3) is 0.333. The third-order valence-corrected chi connectivity index (χ3v) is 5.93. The predicted molar refractivity (Wildman–Crippen MR) is 133 cm³/mol. The molecule has 0 aliphatic carbocycles. The van der Waals surface area contributed by atoms with Crippen molar-refractivity contribution in [3.05, 3.63) is 75.4 Å². The number of nitrogens with two attached hydrogens (primary N) is 1. The molecule has 1 aliphatic rings. The maximum absolute atomic E-state index is 13.3. The minimum atomic E-state index is -0.829. The number of ether oxygens (including phenoxy) is 4. The van der Waals surface area contributed by atoms with Gasteiger partial charge in [-0.25, -0.2) is 4.79 Å². The lowest BCUT2D eigenvalue weighted by Crippen LogP contribution is -2.32. The molecule has 8 heteroatoms. The molecule has 0 amide bonds. The van der Waals surface area contributed by atoms with Crippen LogP contribution in [0.4, 0.5) is 0 Å². The largest absolute Gasteiger partial charge is 0.493 e. The lowest BCUT2D eigenvalue weighted by Gasteiger charge is -2.29. The molecule has 0 saturated carbocycles. The SMILES string of the molecule is CCOC(=O)C1=C(N)Oc2c(c(=O)[nH]c3ccccc23)[C@H]1c1ccc(OCCC(C)C)c(OC)c1. The van der Waals surface area contributed by atoms with E-state index in [2.05, 4.69) is 18.8 Å². The first-order valence-electron chi connectivity index (χ1n) is 11.7. The van der Waals surface area contributed by atoms with E-state index < -0.39 is 11.9 Å². The average Bonchev–Trinajstić information content (AvgIpc) is 2.83. The second-order valence-electron chi connectivity index (χ2n) is 8.72. The van der Waals surface area contributed by atoms with Crippen molar-refractivity contribution in [2.24, 2.45) is 11.7 Å². The summed E-state index contributed by atoms with van der Waals surface area (Å²) in [4.78, 5) is 29.2. The lowest BCUT2D eigenvalue weighted by molar-refractivity contribution is -0.139. The topological polar surface area (TPSA) is 113 Å². The van der Waals surface area contributed by atoms with Crippen molar-refractivity contribution in [1.82, 2.24) is 4.98 Å². The van der Waals surface area contributed by atoms with Gasteiger partial charge in [0.05, 0.1) is 37.3 Å². The van der Waals surface area contributed by atoms with E-state index in [1.807, 2.05) is 18.2 Å². The lowest BCUT2D eigenvalue weighted by atomic mass is 9.82. The normalized spacial score (nSPS) is 15.1. The summed E-state index contributed by atoms with van der Waals surface area (Å²) in [6.07, 6.45) is 0.896. The second-order valence-corrected chi connectivity index (χ2v) is 8.72. The van der Waals surface area contributed by atoms with Crippen molar-refractivity contribution < 1.29 is 23.7 Å². The van der Waals surface area contributed by atoms with Gasteiger partial charge in [-0.05, 0) is 49.1 Å². The zero-order valence-electron chi connectivity index (χ0n) is 20.3. The van der Waals surface area contributed by atoms with Crippen molar-refractivity contribution in [2.45, 2.75) is 33.1 Å². The van der Waals surface area contributed by atoms with E-state index in [0.717, 1.165) is 6.42 Å². The maximum atomic E-state index is 13.3.